The predicted octanol–water partition coefficient (Wildman–Crippen LogP) is 1.93. The van der Waals surface area contributed by atoms with Gasteiger partial charge < -0.3 is 10.1 Å². The molecule has 6 heteroatoms. The molecule has 5 nitrogen and oxygen atoms in total. The lowest BCUT2D eigenvalue weighted by atomic mass is 10.1. The second-order valence-corrected chi connectivity index (χ2v) is 6.48. The average molecular weight is 301 g/mol. The van der Waals surface area contributed by atoms with Crippen molar-refractivity contribution in [1.82, 2.24) is 5.32 Å². The van der Waals surface area contributed by atoms with Gasteiger partial charge in [0.2, 0.25) is 0 Å². The maximum atomic E-state index is 10.8. The van der Waals surface area contributed by atoms with Crippen molar-refractivity contribution in [3.8, 4) is 0 Å². The highest BCUT2D eigenvalue weighted by atomic mass is 32.2. The Hall–Kier alpha value is -0.950. The largest absolute Gasteiger partial charge is 0.373 e. The monoisotopic (exact) mass is 301 g/mol. The SMILES string of the molecule is CC1CNCC(C)O1.Cc1cccc(S(=O)(=O)O)c1C. The molecule has 0 amide bonds. The molecule has 0 radical (unpaired) electrons. The van der Waals surface area contributed by atoms with Crippen molar-refractivity contribution in [1.29, 1.82) is 0 Å². The minimum atomic E-state index is -4.06. The lowest BCUT2D eigenvalue weighted by Crippen LogP contribution is -2.41. The van der Waals surface area contributed by atoms with Crippen LogP contribution in [-0.4, -0.2) is 38.3 Å². The molecule has 2 unspecified atom stereocenters. The molecule has 1 fully saturated rings. The van der Waals surface area contributed by atoms with E-state index in [1.807, 2.05) is 0 Å². The Bertz CT molecular complexity index is 534. The molecule has 0 saturated carbocycles. The zero-order valence-electron chi connectivity index (χ0n) is 12.4. The van der Waals surface area contributed by atoms with E-state index in [0.29, 0.717) is 17.8 Å². The van der Waals surface area contributed by atoms with Crippen molar-refractivity contribution in [2.24, 2.45) is 0 Å². The third-order valence-corrected chi connectivity index (χ3v) is 4.16. The van der Waals surface area contributed by atoms with Crippen molar-refractivity contribution >= 4 is 10.1 Å². The maximum Gasteiger partial charge on any atom is 0.294 e. The molecule has 1 aromatic carbocycles. The Morgan fingerprint density at radius 2 is 1.75 bits per heavy atom. The molecule has 2 rings (SSSR count). The lowest BCUT2D eigenvalue weighted by molar-refractivity contribution is -0.0166. The zero-order chi connectivity index (χ0) is 15.3. The van der Waals surface area contributed by atoms with Gasteiger partial charge in [-0.2, -0.15) is 8.42 Å². The van der Waals surface area contributed by atoms with Gasteiger partial charge in [-0.05, 0) is 44.9 Å². The van der Waals surface area contributed by atoms with Gasteiger partial charge in [0.05, 0.1) is 17.1 Å². The molecule has 1 saturated heterocycles. The number of rotatable bonds is 1. The summed E-state index contributed by atoms with van der Waals surface area (Å²) in [5.74, 6) is 0. The van der Waals surface area contributed by atoms with E-state index in [1.54, 1.807) is 26.0 Å². The summed E-state index contributed by atoms with van der Waals surface area (Å²) in [6.07, 6.45) is 0.803. The first kappa shape index (κ1) is 17.1. The molecule has 1 aliphatic heterocycles. The van der Waals surface area contributed by atoms with Gasteiger partial charge in [-0.25, -0.2) is 0 Å². The summed E-state index contributed by atoms with van der Waals surface area (Å²) < 4.78 is 35.7. The summed E-state index contributed by atoms with van der Waals surface area (Å²) in [6, 6.07) is 4.78. The van der Waals surface area contributed by atoms with E-state index in [4.69, 9.17) is 9.29 Å². The minimum Gasteiger partial charge on any atom is -0.373 e. The van der Waals surface area contributed by atoms with E-state index in [9.17, 15) is 8.42 Å². The van der Waals surface area contributed by atoms with Gasteiger partial charge in [-0.15, -0.1) is 0 Å². The van der Waals surface area contributed by atoms with E-state index < -0.39 is 10.1 Å². The predicted molar refractivity (Wildman–Crippen MR) is 78.6 cm³/mol. The van der Waals surface area contributed by atoms with Crippen molar-refractivity contribution in [3.63, 3.8) is 0 Å². The quantitative estimate of drug-likeness (QED) is 0.775. The fraction of sp³-hybridized carbons (Fsp3) is 0.571. The Morgan fingerprint density at radius 3 is 2.10 bits per heavy atom. The first-order valence-electron chi connectivity index (χ1n) is 6.61. The van der Waals surface area contributed by atoms with Crippen LogP contribution in [0.5, 0.6) is 0 Å². The van der Waals surface area contributed by atoms with Crippen molar-refractivity contribution in [2.75, 3.05) is 13.1 Å². The Kier molecular flexibility index (Phi) is 6.13. The van der Waals surface area contributed by atoms with Gasteiger partial charge in [0.15, 0.2) is 0 Å². The molecule has 1 aromatic rings. The molecular formula is C14H23NO4S. The highest BCUT2D eigenvalue weighted by Crippen LogP contribution is 2.17. The summed E-state index contributed by atoms with van der Waals surface area (Å²) in [5, 5.41) is 3.26. The Balaban J connectivity index is 0.000000217. The number of hydrogen-bond donors (Lipinski definition) is 2. The van der Waals surface area contributed by atoms with E-state index >= 15 is 0 Å². The third-order valence-electron chi connectivity index (χ3n) is 3.16. The number of aryl methyl sites for hydroxylation is 1. The average Bonchev–Trinajstić information content (AvgIpc) is 2.31. The number of morpholine rings is 1. The molecule has 2 atom stereocenters. The smallest absolute Gasteiger partial charge is 0.294 e. The number of nitrogens with one attached hydrogen (secondary N) is 1. The van der Waals surface area contributed by atoms with Crippen LogP contribution >= 0.6 is 0 Å². The first-order valence-corrected chi connectivity index (χ1v) is 8.05. The molecule has 0 aliphatic carbocycles. The lowest BCUT2D eigenvalue weighted by Gasteiger charge is -2.25. The number of benzene rings is 1. The second kappa shape index (κ2) is 7.17. The Labute approximate surface area is 121 Å². The van der Waals surface area contributed by atoms with Crippen molar-refractivity contribution in [3.05, 3.63) is 29.3 Å². The van der Waals surface area contributed by atoms with Crippen LogP contribution in [0.3, 0.4) is 0 Å². The normalized spacial score (nSPS) is 22.9. The summed E-state index contributed by atoms with van der Waals surface area (Å²) in [4.78, 5) is -0.0116. The molecule has 1 aliphatic rings. The molecule has 20 heavy (non-hydrogen) atoms. The van der Waals surface area contributed by atoms with Crippen LogP contribution < -0.4 is 5.32 Å². The van der Waals surface area contributed by atoms with Crippen molar-refractivity contribution in [2.45, 2.75) is 44.8 Å². The first-order chi connectivity index (χ1) is 9.21. The van der Waals surface area contributed by atoms with E-state index in [-0.39, 0.29) is 4.90 Å². The topological polar surface area (TPSA) is 75.6 Å². The van der Waals surface area contributed by atoms with Crippen LogP contribution in [0.4, 0.5) is 0 Å². The molecule has 0 bridgehead atoms. The summed E-state index contributed by atoms with van der Waals surface area (Å²) in [7, 11) is -4.06. The van der Waals surface area contributed by atoms with Gasteiger partial charge in [0.1, 0.15) is 0 Å². The van der Waals surface area contributed by atoms with E-state index in [0.717, 1.165) is 18.7 Å². The summed E-state index contributed by atoms with van der Waals surface area (Å²) >= 11 is 0. The van der Waals surface area contributed by atoms with Crippen LogP contribution in [0.1, 0.15) is 25.0 Å². The van der Waals surface area contributed by atoms with Crippen LogP contribution in [-0.2, 0) is 14.9 Å². The van der Waals surface area contributed by atoms with Gasteiger partial charge in [0, 0.05) is 13.1 Å². The molecule has 2 N–H and O–H groups in total. The minimum absolute atomic E-state index is 0.0116. The van der Waals surface area contributed by atoms with E-state index in [2.05, 4.69) is 19.2 Å². The molecule has 0 spiro atoms. The fourth-order valence-electron chi connectivity index (χ4n) is 1.99. The zero-order valence-corrected chi connectivity index (χ0v) is 13.2. The molecule has 0 aromatic heterocycles. The highest BCUT2D eigenvalue weighted by molar-refractivity contribution is 7.85. The van der Waals surface area contributed by atoms with Gasteiger partial charge in [0.25, 0.3) is 10.1 Å². The van der Waals surface area contributed by atoms with Crippen LogP contribution in [0.2, 0.25) is 0 Å². The fourth-order valence-corrected chi connectivity index (χ4v) is 2.78. The molecular weight excluding hydrogens is 278 g/mol. The van der Waals surface area contributed by atoms with Crippen LogP contribution in [0.15, 0.2) is 23.1 Å². The van der Waals surface area contributed by atoms with Crippen LogP contribution in [0.25, 0.3) is 0 Å². The second-order valence-electron chi connectivity index (χ2n) is 5.09. The van der Waals surface area contributed by atoms with Gasteiger partial charge >= 0.3 is 0 Å². The summed E-state index contributed by atoms with van der Waals surface area (Å²) in [6.45, 7) is 9.64. The molecule has 114 valence electrons. The number of ether oxygens (including phenoxy) is 1. The number of hydrogen-bond acceptors (Lipinski definition) is 4. The standard InChI is InChI=1S/C8H10O3S.C6H13NO/c1-6-4-3-5-8(7(6)2)12(9,10)11;1-5-3-7-4-6(2)8-5/h3-5H,1-2H3,(H,9,10,11);5-7H,3-4H2,1-2H3. The van der Waals surface area contributed by atoms with Gasteiger partial charge in [-0.1, -0.05) is 12.1 Å². The summed E-state index contributed by atoms with van der Waals surface area (Å²) in [5.41, 5.74) is 1.45. The van der Waals surface area contributed by atoms with Gasteiger partial charge in [-0.3, -0.25) is 4.55 Å². The van der Waals surface area contributed by atoms with Crippen molar-refractivity contribution < 1.29 is 17.7 Å². The van der Waals surface area contributed by atoms with Crippen LogP contribution in [0, 0.1) is 13.8 Å². The van der Waals surface area contributed by atoms with E-state index in [1.165, 1.54) is 6.07 Å². The maximum absolute atomic E-state index is 10.8. The highest BCUT2D eigenvalue weighted by Gasteiger charge is 2.13. The molecule has 1 heterocycles. The Morgan fingerprint density at radius 1 is 1.20 bits per heavy atom. The third kappa shape index (κ3) is 5.20.